The largest absolute Gasteiger partial charge is 0.466 e. The molecular formula is C26H29N3O3. The zero-order chi connectivity index (χ0) is 22.7. The number of ether oxygens (including phenoxy) is 1. The number of carbonyl (C=O) groups excluding carboxylic acids is 2. The van der Waals surface area contributed by atoms with Gasteiger partial charge in [-0.25, -0.2) is 4.98 Å². The van der Waals surface area contributed by atoms with Crippen LogP contribution in [0.15, 0.2) is 48.5 Å². The first kappa shape index (κ1) is 21.8. The summed E-state index contributed by atoms with van der Waals surface area (Å²) in [5.74, 6) is 0.0486. The van der Waals surface area contributed by atoms with Crippen LogP contribution in [0.4, 0.5) is 11.5 Å². The van der Waals surface area contributed by atoms with Crippen molar-refractivity contribution in [3.8, 4) is 0 Å². The van der Waals surface area contributed by atoms with Crippen LogP contribution in [0.5, 0.6) is 0 Å². The highest BCUT2D eigenvalue weighted by atomic mass is 16.5. The van der Waals surface area contributed by atoms with Gasteiger partial charge in [0.1, 0.15) is 5.82 Å². The molecule has 1 amide bonds. The van der Waals surface area contributed by atoms with Crippen molar-refractivity contribution in [3.63, 3.8) is 0 Å². The Balaban J connectivity index is 1.66. The molecule has 3 aromatic rings. The number of nitrogens with one attached hydrogen (secondary N) is 1. The number of fused-ring (bicyclic) bond motifs is 1. The molecule has 166 valence electrons. The molecule has 1 atom stereocenters. The molecule has 4 rings (SSSR count). The van der Waals surface area contributed by atoms with Crippen LogP contribution in [0.3, 0.4) is 0 Å². The van der Waals surface area contributed by atoms with E-state index in [-0.39, 0.29) is 17.8 Å². The van der Waals surface area contributed by atoms with Gasteiger partial charge in [-0.15, -0.1) is 0 Å². The van der Waals surface area contributed by atoms with E-state index in [4.69, 9.17) is 9.72 Å². The second kappa shape index (κ2) is 9.39. The van der Waals surface area contributed by atoms with E-state index in [2.05, 4.69) is 37.4 Å². The minimum atomic E-state index is -0.270. The Morgan fingerprint density at radius 2 is 1.88 bits per heavy atom. The van der Waals surface area contributed by atoms with Gasteiger partial charge in [0.25, 0.3) is 5.91 Å². The number of carbonyl (C=O) groups is 2. The molecule has 0 bridgehead atoms. The Hall–Kier alpha value is -3.41. The Bertz CT molecular complexity index is 1140. The van der Waals surface area contributed by atoms with Gasteiger partial charge in [-0.3, -0.25) is 9.59 Å². The van der Waals surface area contributed by atoms with Gasteiger partial charge < -0.3 is 15.0 Å². The third kappa shape index (κ3) is 4.74. The van der Waals surface area contributed by atoms with Crippen molar-refractivity contribution in [1.29, 1.82) is 0 Å². The number of amides is 1. The third-order valence-corrected chi connectivity index (χ3v) is 5.77. The fourth-order valence-corrected chi connectivity index (χ4v) is 4.40. The van der Waals surface area contributed by atoms with Gasteiger partial charge >= 0.3 is 5.97 Å². The average Bonchev–Trinajstić information content (AvgIpc) is 2.77. The van der Waals surface area contributed by atoms with E-state index in [1.54, 1.807) is 11.8 Å². The van der Waals surface area contributed by atoms with Crippen LogP contribution in [0, 0.1) is 19.8 Å². The predicted molar refractivity (Wildman–Crippen MR) is 126 cm³/mol. The second-order valence-electron chi connectivity index (χ2n) is 8.42. The molecule has 0 unspecified atom stereocenters. The third-order valence-electron chi connectivity index (χ3n) is 5.77. The van der Waals surface area contributed by atoms with Gasteiger partial charge in [0.2, 0.25) is 0 Å². The molecular weight excluding hydrogens is 402 g/mol. The first-order valence-corrected chi connectivity index (χ1v) is 11.2. The van der Waals surface area contributed by atoms with Crippen molar-refractivity contribution in [2.45, 2.75) is 33.6 Å². The molecule has 0 spiro atoms. The van der Waals surface area contributed by atoms with Crippen molar-refractivity contribution < 1.29 is 14.3 Å². The zero-order valence-electron chi connectivity index (χ0n) is 18.9. The summed E-state index contributed by atoms with van der Waals surface area (Å²) in [4.78, 5) is 32.3. The van der Waals surface area contributed by atoms with Crippen LogP contribution in [0.2, 0.25) is 0 Å². The first-order chi connectivity index (χ1) is 15.4. The normalized spacial score (nSPS) is 16.1. The van der Waals surface area contributed by atoms with E-state index in [1.165, 1.54) is 0 Å². The number of rotatable bonds is 5. The summed E-state index contributed by atoms with van der Waals surface area (Å²) in [6.45, 7) is 7.27. The number of aromatic nitrogens is 1. The van der Waals surface area contributed by atoms with Crippen LogP contribution < -0.4 is 5.32 Å². The Kier molecular flexibility index (Phi) is 6.40. The summed E-state index contributed by atoms with van der Waals surface area (Å²) >= 11 is 0. The Morgan fingerprint density at radius 3 is 2.62 bits per heavy atom. The Morgan fingerprint density at radius 1 is 1.12 bits per heavy atom. The monoisotopic (exact) mass is 431 g/mol. The van der Waals surface area contributed by atoms with Crippen molar-refractivity contribution in [3.05, 3.63) is 65.2 Å². The summed E-state index contributed by atoms with van der Waals surface area (Å²) < 4.78 is 5.19. The number of hydrogen-bond acceptors (Lipinski definition) is 5. The van der Waals surface area contributed by atoms with Gasteiger partial charge in [0, 0.05) is 24.2 Å². The maximum Gasteiger partial charge on any atom is 0.310 e. The number of esters is 1. The number of aryl methyl sites for hydroxylation is 2. The molecule has 0 saturated carbocycles. The van der Waals surface area contributed by atoms with Crippen LogP contribution in [0.25, 0.3) is 10.9 Å². The number of anilines is 2. The van der Waals surface area contributed by atoms with Crippen molar-refractivity contribution >= 4 is 34.3 Å². The first-order valence-electron chi connectivity index (χ1n) is 11.2. The lowest BCUT2D eigenvalue weighted by molar-refractivity contribution is -0.149. The minimum absolute atomic E-state index is 0.0823. The van der Waals surface area contributed by atoms with E-state index in [1.807, 2.05) is 30.3 Å². The Labute approximate surface area is 188 Å². The number of piperidine rings is 1. The molecule has 1 saturated heterocycles. The highest BCUT2D eigenvalue weighted by molar-refractivity contribution is 6.07. The highest BCUT2D eigenvalue weighted by Gasteiger charge is 2.30. The summed E-state index contributed by atoms with van der Waals surface area (Å²) in [5.41, 5.74) is 4.59. The fourth-order valence-electron chi connectivity index (χ4n) is 4.40. The van der Waals surface area contributed by atoms with E-state index in [0.29, 0.717) is 31.1 Å². The van der Waals surface area contributed by atoms with Crippen LogP contribution in [0.1, 0.15) is 41.3 Å². The smallest absolute Gasteiger partial charge is 0.310 e. The highest BCUT2D eigenvalue weighted by Crippen LogP contribution is 2.27. The van der Waals surface area contributed by atoms with Crippen molar-refractivity contribution in [1.82, 2.24) is 9.88 Å². The minimum Gasteiger partial charge on any atom is -0.466 e. The maximum atomic E-state index is 13.6. The molecule has 6 nitrogen and oxygen atoms in total. The molecule has 1 N–H and O–H groups in total. The topological polar surface area (TPSA) is 71.5 Å². The van der Waals surface area contributed by atoms with E-state index in [9.17, 15) is 9.59 Å². The number of pyridine rings is 1. The summed E-state index contributed by atoms with van der Waals surface area (Å²) in [6.07, 6.45) is 1.53. The van der Waals surface area contributed by atoms with Crippen molar-refractivity contribution in [2.75, 3.05) is 25.0 Å². The van der Waals surface area contributed by atoms with E-state index < -0.39 is 0 Å². The van der Waals surface area contributed by atoms with Crippen molar-refractivity contribution in [2.24, 2.45) is 5.92 Å². The van der Waals surface area contributed by atoms with E-state index in [0.717, 1.165) is 40.6 Å². The summed E-state index contributed by atoms with van der Waals surface area (Å²) in [6, 6.07) is 15.7. The predicted octanol–water partition coefficient (Wildman–Crippen LogP) is 5.01. The van der Waals surface area contributed by atoms with Gasteiger partial charge in [-0.1, -0.05) is 24.3 Å². The molecule has 0 aliphatic carbocycles. The molecule has 6 heteroatoms. The molecule has 2 aromatic carbocycles. The van der Waals surface area contributed by atoms with Crippen LogP contribution in [-0.4, -0.2) is 41.5 Å². The zero-order valence-corrected chi connectivity index (χ0v) is 18.9. The molecule has 2 heterocycles. The number of para-hydroxylation sites is 1. The lowest BCUT2D eigenvalue weighted by Crippen LogP contribution is -2.42. The van der Waals surface area contributed by atoms with Gasteiger partial charge in [0.05, 0.1) is 23.6 Å². The standard InChI is InChI=1S/C26H29N3O3/c1-4-32-26(31)19-8-7-11-29(16-19)25(30)22-15-24(28-23-10-6-5-9-21(22)23)27-20-13-17(2)12-18(3)14-20/h5-6,9-10,12-15,19H,4,7-8,11,16H2,1-3H3,(H,27,28)/t19-/m1/s1. The molecule has 1 aromatic heterocycles. The number of nitrogens with zero attached hydrogens (tertiary/aromatic N) is 2. The molecule has 1 fully saturated rings. The number of hydrogen-bond donors (Lipinski definition) is 1. The molecule has 1 aliphatic heterocycles. The summed E-state index contributed by atoms with van der Waals surface area (Å²) in [7, 11) is 0. The quantitative estimate of drug-likeness (QED) is 0.575. The molecule has 32 heavy (non-hydrogen) atoms. The lowest BCUT2D eigenvalue weighted by atomic mass is 9.97. The lowest BCUT2D eigenvalue weighted by Gasteiger charge is -2.32. The second-order valence-corrected chi connectivity index (χ2v) is 8.42. The van der Waals surface area contributed by atoms with Crippen LogP contribution in [-0.2, 0) is 9.53 Å². The van der Waals surface area contributed by atoms with Gasteiger partial charge in [-0.05, 0) is 69.0 Å². The van der Waals surface area contributed by atoms with Gasteiger partial charge in [0.15, 0.2) is 0 Å². The molecule has 0 radical (unpaired) electrons. The number of benzene rings is 2. The number of likely N-dealkylation sites (tertiary alicyclic amines) is 1. The average molecular weight is 432 g/mol. The maximum absolute atomic E-state index is 13.6. The van der Waals surface area contributed by atoms with Gasteiger partial charge in [-0.2, -0.15) is 0 Å². The fraction of sp³-hybridized carbons (Fsp3) is 0.346. The van der Waals surface area contributed by atoms with Crippen LogP contribution >= 0.6 is 0 Å². The summed E-state index contributed by atoms with van der Waals surface area (Å²) in [5, 5.41) is 4.17. The molecule has 1 aliphatic rings. The SMILES string of the molecule is CCOC(=O)[C@@H]1CCCN(C(=O)c2cc(Nc3cc(C)cc(C)c3)nc3ccccc23)C1. The van der Waals surface area contributed by atoms with E-state index >= 15 is 0 Å².